The molecular weight excluding hydrogens is 258 g/mol. The molecule has 100 valence electrons. The minimum absolute atomic E-state index is 0.136. The highest BCUT2D eigenvalue weighted by Gasteiger charge is 2.20. The Hall–Kier alpha value is -1.51. The molecule has 0 amide bonds. The summed E-state index contributed by atoms with van der Waals surface area (Å²) in [5.41, 5.74) is 5.15. The first-order valence-electron chi connectivity index (χ1n) is 5.37. The summed E-state index contributed by atoms with van der Waals surface area (Å²) in [6.45, 7) is 1.97. The van der Waals surface area contributed by atoms with Gasteiger partial charge in [0.1, 0.15) is 0 Å². The van der Waals surface area contributed by atoms with Gasteiger partial charge in [0.2, 0.25) is 10.0 Å². The monoisotopic (exact) mass is 273 g/mol. The van der Waals surface area contributed by atoms with Crippen molar-refractivity contribution in [3.63, 3.8) is 0 Å². The van der Waals surface area contributed by atoms with Gasteiger partial charge in [-0.25, -0.2) is 13.1 Å². The molecule has 1 unspecified atom stereocenters. The van der Waals surface area contributed by atoms with Crippen LogP contribution in [0.2, 0.25) is 0 Å². The van der Waals surface area contributed by atoms with Crippen molar-refractivity contribution in [2.75, 3.05) is 6.54 Å². The average Bonchev–Trinajstić information content (AvgIpc) is 2.36. The Bertz CT molecular complexity index is 526. The van der Waals surface area contributed by atoms with Crippen molar-refractivity contribution < 1.29 is 13.3 Å². The van der Waals surface area contributed by atoms with Crippen LogP contribution in [0.3, 0.4) is 0 Å². The topological polar surface area (TPSA) is 115 Å². The molecule has 0 heterocycles. The maximum absolute atomic E-state index is 11.9. The van der Waals surface area contributed by atoms with Crippen LogP contribution in [0.4, 0.5) is 5.69 Å². The first kappa shape index (κ1) is 14.6. The first-order valence-corrected chi connectivity index (χ1v) is 6.86. The van der Waals surface area contributed by atoms with Crippen LogP contribution >= 0.6 is 0 Å². The third-order valence-electron chi connectivity index (χ3n) is 2.44. The van der Waals surface area contributed by atoms with Crippen molar-refractivity contribution in [2.24, 2.45) is 5.73 Å². The molecular formula is C10H15N3O4S. The minimum atomic E-state index is -3.77. The normalized spacial score (nSPS) is 13.2. The van der Waals surface area contributed by atoms with Gasteiger partial charge in [-0.2, -0.15) is 0 Å². The molecule has 0 aliphatic heterocycles. The standard InChI is InChI=1S/C10H15N3O4S/c1-2-8(7-11)12-18(16,17)10-5-3-4-9(6-10)13(14)15/h3-6,8,12H,2,7,11H2,1H3. The summed E-state index contributed by atoms with van der Waals surface area (Å²) in [6, 6.07) is 4.51. The maximum Gasteiger partial charge on any atom is 0.270 e. The van der Waals surface area contributed by atoms with Gasteiger partial charge in [-0.05, 0) is 12.5 Å². The second-order valence-corrected chi connectivity index (χ2v) is 5.43. The molecule has 0 bridgehead atoms. The van der Waals surface area contributed by atoms with Crippen LogP contribution in [-0.4, -0.2) is 25.9 Å². The Balaban J connectivity index is 3.05. The predicted octanol–water partition coefficient (Wildman–Crippen LogP) is 0.610. The summed E-state index contributed by atoms with van der Waals surface area (Å²) in [5, 5.41) is 10.6. The van der Waals surface area contributed by atoms with Crippen LogP contribution in [0.5, 0.6) is 0 Å². The van der Waals surface area contributed by atoms with Gasteiger partial charge in [0.15, 0.2) is 0 Å². The van der Waals surface area contributed by atoms with E-state index in [1.807, 2.05) is 0 Å². The Morgan fingerprint density at radius 1 is 1.50 bits per heavy atom. The van der Waals surface area contributed by atoms with Crippen LogP contribution in [0, 0.1) is 10.1 Å². The lowest BCUT2D eigenvalue weighted by Crippen LogP contribution is -2.39. The van der Waals surface area contributed by atoms with Crippen molar-refractivity contribution >= 4 is 15.7 Å². The third kappa shape index (κ3) is 3.49. The average molecular weight is 273 g/mol. The van der Waals surface area contributed by atoms with Gasteiger partial charge in [-0.1, -0.05) is 13.0 Å². The second kappa shape index (κ2) is 5.89. The van der Waals surface area contributed by atoms with Crippen LogP contribution in [0.1, 0.15) is 13.3 Å². The van der Waals surface area contributed by atoms with Crippen LogP contribution < -0.4 is 10.5 Å². The Morgan fingerprint density at radius 2 is 2.17 bits per heavy atom. The zero-order chi connectivity index (χ0) is 13.8. The smallest absolute Gasteiger partial charge is 0.270 e. The van der Waals surface area contributed by atoms with E-state index in [1.165, 1.54) is 18.2 Å². The maximum atomic E-state index is 11.9. The number of nitro benzene ring substituents is 1. The van der Waals surface area contributed by atoms with E-state index in [0.29, 0.717) is 6.42 Å². The molecule has 3 N–H and O–H groups in total. The van der Waals surface area contributed by atoms with Crippen molar-refractivity contribution in [1.29, 1.82) is 0 Å². The zero-order valence-corrected chi connectivity index (χ0v) is 10.7. The Kier molecular flexibility index (Phi) is 4.76. The van der Waals surface area contributed by atoms with Crippen molar-refractivity contribution in [1.82, 2.24) is 4.72 Å². The second-order valence-electron chi connectivity index (χ2n) is 3.72. The van der Waals surface area contributed by atoms with Gasteiger partial charge >= 0.3 is 0 Å². The number of nitro groups is 1. The van der Waals surface area contributed by atoms with E-state index in [1.54, 1.807) is 6.92 Å². The highest BCUT2D eigenvalue weighted by atomic mass is 32.2. The van der Waals surface area contributed by atoms with Gasteiger partial charge in [0.25, 0.3) is 5.69 Å². The number of non-ortho nitro benzene ring substituents is 1. The van der Waals surface area contributed by atoms with Crippen LogP contribution in [-0.2, 0) is 10.0 Å². The molecule has 0 saturated heterocycles. The van der Waals surface area contributed by atoms with E-state index in [4.69, 9.17) is 5.73 Å². The molecule has 8 heteroatoms. The number of hydrogen-bond acceptors (Lipinski definition) is 5. The Labute approximate surface area is 105 Å². The zero-order valence-electron chi connectivity index (χ0n) is 9.87. The van der Waals surface area contributed by atoms with Crippen molar-refractivity contribution in [2.45, 2.75) is 24.3 Å². The van der Waals surface area contributed by atoms with Gasteiger partial charge in [-0.15, -0.1) is 0 Å². The molecule has 0 aliphatic rings. The summed E-state index contributed by atoms with van der Waals surface area (Å²) < 4.78 is 26.3. The van der Waals surface area contributed by atoms with Crippen molar-refractivity contribution in [3.05, 3.63) is 34.4 Å². The van der Waals surface area contributed by atoms with Crippen molar-refractivity contribution in [3.8, 4) is 0 Å². The largest absolute Gasteiger partial charge is 0.329 e. The number of nitrogens with zero attached hydrogens (tertiary/aromatic N) is 1. The fourth-order valence-corrected chi connectivity index (χ4v) is 2.72. The van der Waals surface area contributed by atoms with Gasteiger partial charge in [-0.3, -0.25) is 10.1 Å². The summed E-state index contributed by atoms with van der Waals surface area (Å²) in [6.07, 6.45) is 0.546. The molecule has 0 radical (unpaired) electrons. The SMILES string of the molecule is CCC(CN)NS(=O)(=O)c1cccc([N+](=O)[O-])c1. The van der Waals surface area contributed by atoms with Gasteiger partial charge in [0, 0.05) is 24.7 Å². The van der Waals surface area contributed by atoms with Gasteiger partial charge < -0.3 is 5.73 Å². The van der Waals surface area contributed by atoms with E-state index >= 15 is 0 Å². The first-order chi connectivity index (χ1) is 8.40. The molecule has 1 atom stereocenters. The van der Waals surface area contributed by atoms with Crippen LogP contribution in [0.25, 0.3) is 0 Å². The predicted molar refractivity (Wildman–Crippen MR) is 66.6 cm³/mol. The molecule has 18 heavy (non-hydrogen) atoms. The minimum Gasteiger partial charge on any atom is -0.329 e. The van der Waals surface area contributed by atoms with E-state index in [2.05, 4.69) is 4.72 Å². The molecule has 0 spiro atoms. The molecule has 0 saturated carbocycles. The fourth-order valence-electron chi connectivity index (χ4n) is 1.35. The molecule has 0 aromatic heterocycles. The quantitative estimate of drug-likeness (QED) is 0.582. The summed E-state index contributed by atoms with van der Waals surface area (Å²) in [4.78, 5) is 9.81. The summed E-state index contributed by atoms with van der Waals surface area (Å²) in [7, 11) is -3.77. The summed E-state index contributed by atoms with van der Waals surface area (Å²) >= 11 is 0. The van der Waals surface area contributed by atoms with E-state index in [9.17, 15) is 18.5 Å². The molecule has 7 nitrogen and oxygen atoms in total. The number of sulfonamides is 1. The summed E-state index contributed by atoms with van der Waals surface area (Å²) in [5.74, 6) is 0. The van der Waals surface area contributed by atoms with Crippen LogP contribution in [0.15, 0.2) is 29.2 Å². The number of nitrogens with one attached hydrogen (secondary N) is 1. The lowest BCUT2D eigenvalue weighted by atomic mass is 10.2. The molecule has 1 rings (SSSR count). The number of hydrogen-bond donors (Lipinski definition) is 2. The highest BCUT2D eigenvalue weighted by molar-refractivity contribution is 7.89. The van der Waals surface area contributed by atoms with E-state index in [0.717, 1.165) is 6.07 Å². The number of benzene rings is 1. The Morgan fingerprint density at radius 3 is 2.67 bits per heavy atom. The molecule has 1 aromatic rings. The third-order valence-corrected chi connectivity index (χ3v) is 3.96. The van der Waals surface area contributed by atoms with E-state index in [-0.39, 0.29) is 23.2 Å². The fraction of sp³-hybridized carbons (Fsp3) is 0.400. The van der Waals surface area contributed by atoms with E-state index < -0.39 is 14.9 Å². The highest BCUT2D eigenvalue weighted by Crippen LogP contribution is 2.17. The lowest BCUT2D eigenvalue weighted by Gasteiger charge is -2.14. The lowest BCUT2D eigenvalue weighted by molar-refractivity contribution is -0.385. The molecule has 0 aliphatic carbocycles. The molecule has 0 fully saturated rings. The molecule has 1 aromatic carbocycles. The van der Waals surface area contributed by atoms with Gasteiger partial charge in [0.05, 0.1) is 9.82 Å². The number of nitrogens with two attached hydrogens (primary N) is 1. The number of rotatable bonds is 6.